The van der Waals surface area contributed by atoms with E-state index < -0.39 is 31.9 Å². The summed E-state index contributed by atoms with van der Waals surface area (Å²) in [7, 11) is 0. The van der Waals surface area contributed by atoms with Crippen molar-refractivity contribution >= 4 is 17.1 Å². The zero-order chi connectivity index (χ0) is 17.6. The topological polar surface area (TPSA) is 170 Å². The van der Waals surface area contributed by atoms with Crippen molar-refractivity contribution in [2.45, 2.75) is 0 Å². The summed E-state index contributed by atoms with van der Waals surface area (Å²) in [6, 6.07) is 8.15. The quantitative estimate of drug-likeness (QED) is 0.640. The molecule has 120 valence electrons. The summed E-state index contributed by atoms with van der Waals surface area (Å²) in [5.41, 5.74) is -1.36. The summed E-state index contributed by atoms with van der Waals surface area (Å²) >= 11 is 0. The predicted molar refractivity (Wildman–Crippen MR) is 76.2 cm³/mol. The lowest BCUT2D eigenvalue weighted by Gasteiger charge is -1.94. The number of nitrogens with zero attached hydrogens (tertiary/aromatic N) is 3. The van der Waals surface area contributed by atoms with Gasteiger partial charge in [-0.15, -0.1) is 0 Å². The van der Waals surface area contributed by atoms with Gasteiger partial charge >= 0.3 is 11.4 Å². The Hall–Kier alpha value is -3.76. The molecule has 0 unspecified atom stereocenters. The van der Waals surface area contributed by atoms with Crippen LogP contribution in [0, 0.1) is 30.3 Å². The minimum Gasteiger partial charge on any atom is -0.502 e. The van der Waals surface area contributed by atoms with Gasteiger partial charge in [0.15, 0.2) is 11.5 Å². The van der Waals surface area contributed by atoms with Crippen LogP contribution in [0.5, 0.6) is 11.5 Å². The first-order chi connectivity index (χ1) is 10.7. The monoisotopic (exact) mass is 323 g/mol. The van der Waals surface area contributed by atoms with Gasteiger partial charge in [0.05, 0.1) is 20.8 Å². The molecule has 0 spiro atoms. The first-order valence-corrected chi connectivity index (χ1v) is 5.78. The van der Waals surface area contributed by atoms with Crippen LogP contribution in [0.25, 0.3) is 0 Å². The largest absolute Gasteiger partial charge is 0.502 e. The lowest BCUT2D eigenvalue weighted by Crippen LogP contribution is -1.92. The second kappa shape index (κ2) is 7.31. The molecule has 11 nitrogen and oxygen atoms in total. The highest BCUT2D eigenvalue weighted by Crippen LogP contribution is 2.29. The Bertz CT molecular complexity index is 762. The predicted octanol–water partition coefficient (Wildman–Crippen LogP) is 2.51. The molecule has 11 heteroatoms. The number of para-hydroxylation sites is 2. The molecule has 0 bridgehead atoms. The molecule has 23 heavy (non-hydrogen) atoms. The highest BCUT2D eigenvalue weighted by Gasteiger charge is 2.18. The molecule has 2 N–H and O–H groups in total. The van der Waals surface area contributed by atoms with Crippen molar-refractivity contribution in [2.24, 2.45) is 0 Å². The first kappa shape index (κ1) is 17.3. The third kappa shape index (κ3) is 4.63. The van der Waals surface area contributed by atoms with Crippen LogP contribution >= 0.6 is 0 Å². The van der Waals surface area contributed by atoms with Gasteiger partial charge < -0.3 is 10.2 Å². The molecule has 0 aliphatic carbocycles. The Morgan fingerprint density at radius 3 is 1.65 bits per heavy atom. The van der Waals surface area contributed by atoms with Crippen LogP contribution in [0.15, 0.2) is 42.5 Å². The number of rotatable bonds is 3. The van der Waals surface area contributed by atoms with E-state index in [1.54, 1.807) is 0 Å². The molecule has 0 atom stereocenters. The Balaban J connectivity index is 0.000000238. The normalized spacial score (nSPS) is 9.39. The van der Waals surface area contributed by atoms with Gasteiger partial charge in [0.1, 0.15) is 0 Å². The molecule has 0 heterocycles. The average molecular weight is 323 g/mol. The van der Waals surface area contributed by atoms with Gasteiger partial charge in [0, 0.05) is 12.1 Å². The molecule has 0 radical (unpaired) electrons. The van der Waals surface area contributed by atoms with Crippen molar-refractivity contribution in [1.29, 1.82) is 0 Å². The van der Waals surface area contributed by atoms with Crippen molar-refractivity contribution < 1.29 is 25.0 Å². The molecular formula is C12H9N3O8. The molecule has 2 rings (SSSR count). The SMILES string of the molecule is O=[N+]([O-])c1ccc(O)c([N+](=O)[O-])c1.O=[N+]([O-])c1ccccc1O. The fraction of sp³-hybridized carbons (Fsp3) is 0. The summed E-state index contributed by atoms with van der Waals surface area (Å²) in [5, 5.41) is 48.2. The van der Waals surface area contributed by atoms with E-state index in [0.29, 0.717) is 6.07 Å². The third-order valence-electron chi connectivity index (χ3n) is 2.44. The molecule has 0 aromatic heterocycles. The number of hydrogen-bond acceptors (Lipinski definition) is 8. The molecule has 0 saturated carbocycles. The van der Waals surface area contributed by atoms with Crippen molar-refractivity contribution in [3.8, 4) is 11.5 Å². The number of phenolic OH excluding ortho intramolecular Hbond substituents is 2. The van der Waals surface area contributed by atoms with Gasteiger partial charge in [0.2, 0.25) is 0 Å². The number of phenols is 2. The van der Waals surface area contributed by atoms with Crippen LogP contribution in [0.2, 0.25) is 0 Å². The highest BCUT2D eigenvalue weighted by molar-refractivity contribution is 5.52. The van der Waals surface area contributed by atoms with Crippen molar-refractivity contribution in [1.82, 2.24) is 0 Å². The van der Waals surface area contributed by atoms with E-state index in [9.17, 15) is 30.3 Å². The van der Waals surface area contributed by atoms with Crippen LogP contribution in [0.3, 0.4) is 0 Å². The average Bonchev–Trinajstić information content (AvgIpc) is 2.48. The maximum atomic E-state index is 10.2. The van der Waals surface area contributed by atoms with E-state index >= 15 is 0 Å². The van der Waals surface area contributed by atoms with Gasteiger partial charge in [-0.3, -0.25) is 30.3 Å². The van der Waals surface area contributed by atoms with Gasteiger partial charge in [-0.1, -0.05) is 12.1 Å². The van der Waals surface area contributed by atoms with E-state index in [1.165, 1.54) is 24.3 Å². The molecular weight excluding hydrogens is 314 g/mol. The number of nitro groups is 3. The van der Waals surface area contributed by atoms with Gasteiger partial charge in [0.25, 0.3) is 5.69 Å². The highest BCUT2D eigenvalue weighted by atomic mass is 16.6. The van der Waals surface area contributed by atoms with Crippen LogP contribution in [0.1, 0.15) is 0 Å². The lowest BCUT2D eigenvalue weighted by molar-refractivity contribution is -0.394. The smallest absolute Gasteiger partial charge is 0.317 e. The zero-order valence-electron chi connectivity index (χ0n) is 11.2. The van der Waals surface area contributed by atoms with Crippen LogP contribution in [-0.4, -0.2) is 25.0 Å². The first-order valence-electron chi connectivity index (χ1n) is 5.78. The Morgan fingerprint density at radius 1 is 0.696 bits per heavy atom. The molecule has 0 saturated heterocycles. The van der Waals surface area contributed by atoms with Crippen molar-refractivity contribution in [2.75, 3.05) is 0 Å². The van der Waals surface area contributed by atoms with Gasteiger partial charge in [-0.2, -0.15) is 0 Å². The Morgan fingerprint density at radius 2 is 1.22 bits per heavy atom. The van der Waals surface area contributed by atoms with E-state index in [4.69, 9.17) is 10.2 Å². The van der Waals surface area contributed by atoms with Crippen molar-refractivity contribution in [3.63, 3.8) is 0 Å². The van der Waals surface area contributed by atoms with Crippen LogP contribution in [0.4, 0.5) is 17.1 Å². The fourth-order valence-electron chi connectivity index (χ4n) is 1.39. The standard InChI is InChI=1S/C6H4N2O5.C6H5NO3/c9-6-2-1-4(7(10)11)3-5(6)8(12)13;8-6-4-2-1-3-5(6)7(9)10/h1-3,9H;1-4,8H. The molecule has 0 aliphatic heterocycles. The van der Waals surface area contributed by atoms with E-state index in [1.807, 2.05) is 0 Å². The molecule has 2 aromatic carbocycles. The summed E-state index contributed by atoms with van der Waals surface area (Å²) in [5.74, 6) is -0.886. The summed E-state index contributed by atoms with van der Waals surface area (Å²) in [6.45, 7) is 0. The lowest BCUT2D eigenvalue weighted by atomic mass is 10.2. The summed E-state index contributed by atoms with van der Waals surface area (Å²) in [4.78, 5) is 28.2. The number of aromatic hydroxyl groups is 2. The van der Waals surface area contributed by atoms with E-state index in [2.05, 4.69) is 0 Å². The summed E-state index contributed by atoms with van der Waals surface area (Å²) in [6.07, 6.45) is 0. The molecule has 0 amide bonds. The maximum Gasteiger partial charge on any atom is 0.317 e. The van der Waals surface area contributed by atoms with Gasteiger partial charge in [-0.25, -0.2) is 0 Å². The molecule has 0 fully saturated rings. The second-order valence-electron chi connectivity index (χ2n) is 3.93. The van der Waals surface area contributed by atoms with Crippen LogP contribution < -0.4 is 0 Å². The number of benzene rings is 2. The number of nitro benzene ring substituents is 3. The Kier molecular flexibility index (Phi) is 5.49. The third-order valence-corrected chi connectivity index (χ3v) is 2.44. The minimum atomic E-state index is -0.887. The fourth-order valence-corrected chi connectivity index (χ4v) is 1.39. The number of hydrogen-bond donors (Lipinski definition) is 2. The molecule has 2 aromatic rings. The zero-order valence-corrected chi connectivity index (χ0v) is 11.2. The Labute approximate surface area is 127 Å². The van der Waals surface area contributed by atoms with Crippen LogP contribution in [-0.2, 0) is 0 Å². The van der Waals surface area contributed by atoms with E-state index in [-0.39, 0.29) is 11.4 Å². The van der Waals surface area contributed by atoms with Crippen molar-refractivity contribution in [3.05, 3.63) is 72.8 Å². The van der Waals surface area contributed by atoms with E-state index in [0.717, 1.165) is 12.1 Å². The summed E-state index contributed by atoms with van der Waals surface area (Å²) < 4.78 is 0. The molecule has 0 aliphatic rings. The maximum absolute atomic E-state index is 10.2. The minimum absolute atomic E-state index is 0.262. The number of non-ortho nitro benzene ring substituents is 1. The van der Waals surface area contributed by atoms with Gasteiger partial charge in [-0.05, 0) is 12.1 Å². The second-order valence-corrected chi connectivity index (χ2v) is 3.93.